The van der Waals surface area contributed by atoms with Crippen LogP contribution in [-0.2, 0) is 0 Å². The van der Waals surface area contributed by atoms with Crippen molar-refractivity contribution in [3.63, 3.8) is 0 Å². The number of rotatable bonds is 3. The number of hydrogen-bond donors (Lipinski definition) is 1. The van der Waals surface area contributed by atoms with E-state index in [1.54, 1.807) is 0 Å². The fraction of sp³-hybridized carbons (Fsp3) is 0.818. The van der Waals surface area contributed by atoms with Gasteiger partial charge in [0.05, 0.1) is 5.60 Å². The van der Waals surface area contributed by atoms with E-state index < -0.39 is 5.60 Å². The van der Waals surface area contributed by atoms with Crippen molar-refractivity contribution < 1.29 is 5.11 Å². The second kappa shape index (κ2) is 4.25. The zero-order valence-corrected chi connectivity index (χ0v) is 8.84. The Labute approximate surface area is 81.2 Å². The van der Waals surface area contributed by atoms with Crippen LogP contribution in [0.25, 0.3) is 0 Å². The van der Waals surface area contributed by atoms with Gasteiger partial charge in [-0.05, 0) is 38.3 Å². The normalized spacial score (nSPS) is 23.0. The molecule has 76 valence electrons. The monoisotopic (exact) mass is 183 g/mol. The fourth-order valence-corrected chi connectivity index (χ4v) is 1.89. The van der Waals surface area contributed by atoms with E-state index in [1.807, 2.05) is 6.92 Å². The molecule has 1 heterocycles. The van der Waals surface area contributed by atoms with Crippen LogP contribution >= 0.6 is 0 Å². The highest BCUT2D eigenvalue weighted by Crippen LogP contribution is 2.28. The molecule has 0 atom stereocenters. The average Bonchev–Trinajstić information content (AvgIpc) is 2.09. The van der Waals surface area contributed by atoms with Crippen molar-refractivity contribution in [2.24, 2.45) is 0 Å². The van der Waals surface area contributed by atoms with Crippen LogP contribution in [0.2, 0.25) is 0 Å². The number of hydrogen-bond acceptors (Lipinski definition) is 2. The predicted molar refractivity (Wildman–Crippen MR) is 55.7 cm³/mol. The van der Waals surface area contributed by atoms with E-state index in [9.17, 15) is 5.11 Å². The van der Waals surface area contributed by atoms with Crippen LogP contribution in [0.15, 0.2) is 12.2 Å². The predicted octanol–water partition coefficient (Wildman–Crippen LogP) is 1.80. The number of likely N-dealkylation sites (tertiary alicyclic amines) is 1. The lowest BCUT2D eigenvalue weighted by Gasteiger charge is -2.38. The van der Waals surface area contributed by atoms with E-state index >= 15 is 0 Å². The Bertz CT molecular complexity index is 181. The van der Waals surface area contributed by atoms with E-state index in [0.29, 0.717) is 0 Å². The van der Waals surface area contributed by atoms with Crippen LogP contribution in [0, 0.1) is 0 Å². The minimum atomic E-state index is -0.579. The van der Waals surface area contributed by atoms with Gasteiger partial charge in [0.2, 0.25) is 0 Å². The number of piperidine rings is 1. The molecular formula is C11H21NO. The first kappa shape index (κ1) is 10.7. The van der Waals surface area contributed by atoms with Gasteiger partial charge < -0.3 is 10.0 Å². The van der Waals surface area contributed by atoms with Crippen molar-refractivity contribution in [2.45, 2.75) is 38.7 Å². The maximum absolute atomic E-state index is 10.1. The van der Waals surface area contributed by atoms with Gasteiger partial charge in [0.1, 0.15) is 0 Å². The molecule has 1 fully saturated rings. The van der Waals surface area contributed by atoms with E-state index in [4.69, 9.17) is 0 Å². The smallest absolute Gasteiger partial charge is 0.0875 e. The van der Waals surface area contributed by atoms with Crippen molar-refractivity contribution in [3.8, 4) is 0 Å². The molecule has 0 aromatic rings. The van der Waals surface area contributed by atoms with E-state index in [-0.39, 0.29) is 0 Å². The van der Waals surface area contributed by atoms with Gasteiger partial charge in [-0.15, -0.1) is 0 Å². The molecule has 0 aromatic heterocycles. The van der Waals surface area contributed by atoms with Crippen LogP contribution in [0.1, 0.15) is 33.1 Å². The van der Waals surface area contributed by atoms with Crippen LogP contribution in [0.3, 0.4) is 0 Å². The Morgan fingerprint density at radius 3 is 2.38 bits per heavy atom. The minimum absolute atomic E-state index is 0.579. The highest BCUT2D eigenvalue weighted by atomic mass is 16.3. The van der Waals surface area contributed by atoms with Crippen molar-refractivity contribution in [1.82, 2.24) is 4.90 Å². The quantitative estimate of drug-likeness (QED) is 0.674. The average molecular weight is 183 g/mol. The third-order valence-corrected chi connectivity index (χ3v) is 3.02. The lowest BCUT2D eigenvalue weighted by Crippen LogP contribution is -2.45. The molecule has 0 unspecified atom stereocenters. The lowest BCUT2D eigenvalue weighted by molar-refractivity contribution is 0.00994. The van der Waals surface area contributed by atoms with Gasteiger partial charge >= 0.3 is 0 Å². The third-order valence-electron chi connectivity index (χ3n) is 3.02. The largest absolute Gasteiger partial charge is 0.385 e. The van der Waals surface area contributed by atoms with Gasteiger partial charge in [-0.3, -0.25) is 0 Å². The summed E-state index contributed by atoms with van der Waals surface area (Å²) in [6.45, 7) is 11.2. The second-order valence-electron chi connectivity index (χ2n) is 4.15. The Kier molecular flexibility index (Phi) is 3.51. The molecule has 1 rings (SSSR count). The summed E-state index contributed by atoms with van der Waals surface area (Å²) in [5, 5.41) is 10.1. The van der Waals surface area contributed by atoms with Crippen molar-refractivity contribution in [3.05, 3.63) is 12.2 Å². The van der Waals surface area contributed by atoms with Crippen molar-refractivity contribution in [1.29, 1.82) is 0 Å². The molecule has 1 N–H and O–H groups in total. The van der Waals surface area contributed by atoms with Gasteiger partial charge in [-0.2, -0.15) is 0 Å². The molecule has 0 aromatic carbocycles. The summed E-state index contributed by atoms with van der Waals surface area (Å²) in [6.07, 6.45) is 2.90. The van der Waals surface area contributed by atoms with Gasteiger partial charge in [0, 0.05) is 13.1 Å². The van der Waals surface area contributed by atoms with Gasteiger partial charge in [0.25, 0.3) is 0 Å². The Morgan fingerprint density at radius 2 is 2.00 bits per heavy atom. The summed E-state index contributed by atoms with van der Waals surface area (Å²) in [6, 6.07) is 0. The molecule has 0 amide bonds. The molecule has 0 saturated carbocycles. The number of aliphatic hydroxyl groups is 1. The zero-order chi connectivity index (χ0) is 9.90. The fourth-order valence-electron chi connectivity index (χ4n) is 1.89. The van der Waals surface area contributed by atoms with Gasteiger partial charge in [-0.1, -0.05) is 13.5 Å². The van der Waals surface area contributed by atoms with Crippen LogP contribution in [0.5, 0.6) is 0 Å². The molecule has 0 aliphatic carbocycles. The standard InChI is InChI=1S/C11H21NO/c1-4-7-12-8-5-11(13,6-9-12)10(2)3/h13H,2,4-9H2,1,3H3. The van der Waals surface area contributed by atoms with Crippen LogP contribution in [-0.4, -0.2) is 35.2 Å². The summed E-state index contributed by atoms with van der Waals surface area (Å²) in [5.41, 5.74) is 0.341. The summed E-state index contributed by atoms with van der Waals surface area (Å²) in [7, 11) is 0. The van der Waals surface area contributed by atoms with Crippen molar-refractivity contribution >= 4 is 0 Å². The topological polar surface area (TPSA) is 23.5 Å². The molecule has 0 radical (unpaired) electrons. The molecule has 2 nitrogen and oxygen atoms in total. The van der Waals surface area contributed by atoms with E-state index in [1.165, 1.54) is 6.42 Å². The second-order valence-corrected chi connectivity index (χ2v) is 4.15. The summed E-state index contributed by atoms with van der Waals surface area (Å²) in [4.78, 5) is 2.41. The molecule has 0 spiro atoms. The van der Waals surface area contributed by atoms with Crippen LogP contribution in [0.4, 0.5) is 0 Å². The Morgan fingerprint density at radius 1 is 1.46 bits per heavy atom. The third kappa shape index (κ3) is 2.55. The van der Waals surface area contributed by atoms with Gasteiger partial charge in [0.15, 0.2) is 0 Å². The Balaban J connectivity index is 2.42. The highest BCUT2D eigenvalue weighted by Gasteiger charge is 2.32. The molecular weight excluding hydrogens is 162 g/mol. The Hall–Kier alpha value is -0.340. The lowest BCUT2D eigenvalue weighted by atomic mass is 9.86. The first-order chi connectivity index (χ1) is 6.08. The SMILES string of the molecule is C=C(C)C1(O)CCN(CCC)CC1. The van der Waals surface area contributed by atoms with E-state index in [2.05, 4.69) is 18.4 Å². The van der Waals surface area contributed by atoms with Gasteiger partial charge in [-0.25, -0.2) is 0 Å². The first-order valence-corrected chi connectivity index (χ1v) is 5.19. The maximum Gasteiger partial charge on any atom is 0.0875 e. The molecule has 0 bridgehead atoms. The summed E-state index contributed by atoms with van der Waals surface area (Å²) in [5.74, 6) is 0. The van der Waals surface area contributed by atoms with Crippen LogP contribution < -0.4 is 0 Å². The summed E-state index contributed by atoms with van der Waals surface area (Å²) >= 11 is 0. The molecule has 1 aliphatic heterocycles. The number of nitrogens with zero attached hydrogens (tertiary/aromatic N) is 1. The summed E-state index contributed by atoms with van der Waals surface area (Å²) < 4.78 is 0. The highest BCUT2D eigenvalue weighted by molar-refractivity contribution is 5.11. The van der Waals surface area contributed by atoms with E-state index in [0.717, 1.165) is 38.0 Å². The molecule has 13 heavy (non-hydrogen) atoms. The minimum Gasteiger partial charge on any atom is -0.385 e. The van der Waals surface area contributed by atoms with Crippen molar-refractivity contribution in [2.75, 3.05) is 19.6 Å². The molecule has 1 saturated heterocycles. The maximum atomic E-state index is 10.1. The molecule has 1 aliphatic rings. The first-order valence-electron chi connectivity index (χ1n) is 5.19. The zero-order valence-electron chi connectivity index (χ0n) is 8.84. The molecule has 2 heteroatoms.